The van der Waals surface area contributed by atoms with Crippen molar-refractivity contribution in [3.63, 3.8) is 0 Å². The van der Waals surface area contributed by atoms with Crippen LogP contribution in [0, 0.1) is 0 Å². The monoisotopic (exact) mass is 385 g/mol. The van der Waals surface area contributed by atoms with Gasteiger partial charge in [0.2, 0.25) is 0 Å². The Bertz CT molecular complexity index is 1300. The van der Waals surface area contributed by atoms with Crippen molar-refractivity contribution in [2.24, 2.45) is 0 Å². The Morgan fingerprint density at radius 1 is 1.03 bits per heavy atom. The van der Waals surface area contributed by atoms with Crippen molar-refractivity contribution in [3.05, 3.63) is 105 Å². The lowest BCUT2D eigenvalue weighted by Gasteiger charge is -2.14. The number of benzene rings is 2. The topological polar surface area (TPSA) is 66.1 Å². The van der Waals surface area contributed by atoms with E-state index in [0.29, 0.717) is 22.5 Å². The lowest BCUT2D eigenvalue weighted by atomic mass is 10.1. The molecule has 0 radical (unpaired) electrons. The molecule has 0 amide bonds. The number of rotatable bonds is 5. The first-order chi connectivity index (χ1) is 14.1. The lowest BCUT2D eigenvalue weighted by Crippen LogP contribution is -2.40. The minimum atomic E-state index is -0.445. The molecule has 4 aromatic rings. The largest absolute Gasteiger partial charge is 0.497 e. The maximum atomic E-state index is 13.3. The van der Waals surface area contributed by atoms with Crippen LogP contribution in [0.25, 0.3) is 22.8 Å². The highest BCUT2D eigenvalue weighted by Crippen LogP contribution is 2.16. The van der Waals surface area contributed by atoms with Gasteiger partial charge in [0, 0.05) is 6.20 Å². The Balaban J connectivity index is 1.93. The SMILES string of the molecule is C=Cc1ccc(Cn2c(=O)c3cccnc3n(-c3ccc(OC)cc3)c2=O)cc1. The number of nitrogens with zero attached hydrogens (tertiary/aromatic N) is 3. The van der Waals surface area contributed by atoms with E-state index >= 15 is 0 Å². The van der Waals surface area contributed by atoms with Gasteiger partial charge in [0.15, 0.2) is 5.65 Å². The number of ether oxygens (including phenoxy) is 1. The molecule has 6 heteroatoms. The molecule has 0 bridgehead atoms. The molecule has 2 heterocycles. The molecule has 0 saturated carbocycles. The number of hydrogen-bond acceptors (Lipinski definition) is 4. The summed E-state index contributed by atoms with van der Waals surface area (Å²) in [7, 11) is 1.58. The molecule has 0 fully saturated rings. The number of fused-ring (bicyclic) bond motifs is 1. The number of pyridine rings is 1. The van der Waals surface area contributed by atoms with Crippen molar-refractivity contribution < 1.29 is 4.74 Å². The van der Waals surface area contributed by atoms with Gasteiger partial charge in [0.1, 0.15) is 5.75 Å². The summed E-state index contributed by atoms with van der Waals surface area (Å²) in [6.45, 7) is 3.90. The molecule has 0 N–H and O–H groups in total. The standard InChI is InChI=1S/C23H19N3O3/c1-3-16-6-8-17(9-7-16)15-25-22(27)20-5-4-14-24-21(20)26(23(25)28)18-10-12-19(29-2)13-11-18/h3-14H,1,15H2,2H3. The summed E-state index contributed by atoms with van der Waals surface area (Å²) in [6, 6.07) is 18.0. The van der Waals surface area contributed by atoms with E-state index in [0.717, 1.165) is 11.1 Å². The zero-order valence-electron chi connectivity index (χ0n) is 15.9. The Hall–Kier alpha value is -3.93. The normalized spacial score (nSPS) is 10.8. The third-order valence-corrected chi connectivity index (χ3v) is 4.78. The second kappa shape index (κ2) is 7.59. The van der Waals surface area contributed by atoms with Crippen LogP contribution in [0.4, 0.5) is 0 Å². The third kappa shape index (κ3) is 3.36. The van der Waals surface area contributed by atoms with Crippen molar-refractivity contribution in [2.75, 3.05) is 7.11 Å². The molecule has 0 spiro atoms. The summed E-state index contributed by atoms with van der Waals surface area (Å²) in [4.78, 5) is 30.7. The molecule has 6 nitrogen and oxygen atoms in total. The highest BCUT2D eigenvalue weighted by Gasteiger charge is 2.15. The first-order valence-corrected chi connectivity index (χ1v) is 9.09. The average molecular weight is 385 g/mol. The van der Waals surface area contributed by atoms with Crippen LogP contribution < -0.4 is 16.0 Å². The van der Waals surface area contributed by atoms with E-state index < -0.39 is 5.69 Å². The Morgan fingerprint density at radius 2 is 1.76 bits per heavy atom. The highest BCUT2D eigenvalue weighted by molar-refractivity contribution is 5.75. The molecule has 0 aliphatic heterocycles. The van der Waals surface area contributed by atoms with Crippen molar-refractivity contribution in [3.8, 4) is 11.4 Å². The van der Waals surface area contributed by atoms with Gasteiger partial charge in [-0.1, -0.05) is 36.9 Å². The van der Waals surface area contributed by atoms with E-state index in [-0.39, 0.29) is 12.1 Å². The molecule has 144 valence electrons. The Morgan fingerprint density at radius 3 is 2.41 bits per heavy atom. The van der Waals surface area contributed by atoms with Crippen LogP contribution in [0.15, 0.2) is 83.0 Å². The van der Waals surface area contributed by atoms with Crippen molar-refractivity contribution in [1.82, 2.24) is 14.1 Å². The van der Waals surface area contributed by atoms with Gasteiger partial charge in [0.25, 0.3) is 5.56 Å². The quantitative estimate of drug-likeness (QED) is 0.529. The zero-order chi connectivity index (χ0) is 20.4. The number of methoxy groups -OCH3 is 1. The minimum absolute atomic E-state index is 0.163. The van der Waals surface area contributed by atoms with Gasteiger partial charge in [-0.15, -0.1) is 0 Å². The fourth-order valence-corrected chi connectivity index (χ4v) is 3.23. The van der Waals surface area contributed by atoms with Crippen LogP contribution >= 0.6 is 0 Å². The summed E-state index contributed by atoms with van der Waals surface area (Å²) in [6.07, 6.45) is 3.31. The molecule has 29 heavy (non-hydrogen) atoms. The van der Waals surface area contributed by atoms with Gasteiger partial charge in [-0.3, -0.25) is 9.36 Å². The molecule has 0 unspecified atom stereocenters. The molecular formula is C23H19N3O3. The summed E-state index contributed by atoms with van der Waals surface area (Å²) in [5.41, 5.74) is 1.94. The molecule has 0 aliphatic carbocycles. The van der Waals surface area contributed by atoms with E-state index in [1.54, 1.807) is 55.8 Å². The highest BCUT2D eigenvalue weighted by atomic mass is 16.5. The number of hydrogen-bond donors (Lipinski definition) is 0. The molecule has 0 atom stereocenters. The van der Waals surface area contributed by atoms with E-state index in [4.69, 9.17) is 4.74 Å². The van der Waals surface area contributed by atoms with Crippen LogP contribution in [0.2, 0.25) is 0 Å². The second-order valence-corrected chi connectivity index (χ2v) is 6.53. The maximum Gasteiger partial charge on any atom is 0.337 e. The second-order valence-electron chi connectivity index (χ2n) is 6.53. The predicted molar refractivity (Wildman–Crippen MR) is 114 cm³/mol. The summed E-state index contributed by atoms with van der Waals surface area (Å²) in [5.74, 6) is 0.676. The predicted octanol–water partition coefficient (Wildman–Crippen LogP) is 3.25. The molecular weight excluding hydrogens is 366 g/mol. The Kier molecular flexibility index (Phi) is 4.83. The fourth-order valence-electron chi connectivity index (χ4n) is 3.23. The van der Waals surface area contributed by atoms with E-state index in [2.05, 4.69) is 11.6 Å². The van der Waals surface area contributed by atoms with Crippen molar-refractivity contribution in [2.45, 2.75) is 6.54 Å². The summed E-state index contributed by atoms with van der Waals surface area (Å²) in [5, 5.41) is 0.380. The molecule has 0 saturated heterocycles. The summed E-state index contributed by atoms with van der Waals surface area (Å²) >= 11 is 0. The van der Waals surface area contributed by atoms with Gasteiger partial charge in [-0.25, -0.2) is 14.3 Å². The van der Waals surface area contributed by atoms with E-state index in [1.807, 2.05) is 24.3 Å². The van der Waals surface area contributed by atoms with E-state index in [9.17, 15) is 9.59 Å². The first-order valence-electron chi connectivity index (χ1n) is 9.09. The summed E-state index contributed by atoms with van der Waals surface area (Å²) < 4.78 is 7.88. The maximum absolute atomic E-state index is 13.3. The van der Waals surface area contributed by atoms with Crippen molar-refractivity contribution in [1.29, 1.82) is 0 Å². The lowest BCUT2D eigenvalue weighted by molar-refractivity contribution is 0.414. The smallest absolute Gasteiger partial charge is 0.337 e. The van der Waals surface area contributed by atoms with Crippen LogP contribution in [-0.4, -0.2) is 21.2 Å². The van der Waals surface area contributed by atoms with Crippen LogP contribution in [0.3, 0.4) is 0 Å². The average Bonchev–Trinajstić information content (AvgIpc) is 2.77. The van der Waals surface area contributed by atoms with Crippen LogP contribution in [-0.2, 0) is 6.54 Å². The first kappa shape index (κ1) is 18.4. The van der Waals surface area contributed by atoms with Gasteiger partial charge in [0.05, 0.1) is 24.7 Å². The van der Waals surface area contributed by atoms with Crippen LogP contribution in [0.1, 0.15) is 11.1 Å². The van der Waals surface area contributed by atoms with E-state index in [1.165, 1.54) is 9.13 Å². The molecule has 2 aromatic carbocycles. The molecule has 4 rings (SSSR count). The van der Waals surface area contributed by atoms with Gasteiger partial charge >= 0.3 is 5.69 Å². The van der Waals surface area contributed by atoms with Gasteiger partial charge < -0.3 is 4.74 Å². The van der Waals surface area contributed by atoms with Crippen LogP contribution in [0.5, 0.6) is 5.75 Å². The molecule has 0 aliphatic rings. The van der Waals surface area contributed by atoms with Gasteiger partial charge in [-0.2, -0.15) is 0 Å². The third-order valence-electron chi connectivity index (χ3n) is 4.78. The Labute approximate surface area is 167 Å². The fraction of sp³-hybridized carbons (Fsp3) is 0.0870. The minimum Gasteiger partial charge on any atom is -0.497 e. The number of aromatic nitrogens is 3. The molecule has 2 aromatic heterocycles. The van der Waals surface area contributed by atoms with Crippen molar-refractivity contribution >= 4 is 17.1 Å². The zero-order valence-corrected chi connectivity index (χ0v) is 15.9. The van der Waals surface area contributed by atoms with Gasteiger partial charge in [-0.05, 0) is 47.5 Å².